The monoisotopic (exact) mass is 229 g/mol. The fourth-order valence-electron chi connectivity index (χ4n) is 1.17. The van der Waals surface area contributed by atoms with Gasteiger partial charge in [-0.1, -0.05) is 6.92 Å². The molecule has 1 heterocycles. The number of hydrogen-bond acceptors (Lipinski definition) is 5. The van der Waals surface area contributed by atoms with E-state index in [-0.39, 0.29) is 12.6 Å². The van der Waals surface area contributed by atoms with E-state index in [1.165, 1.54) is 4.88 Å². The highest BCUT2D eigenvalue weighted by molar-refractivity contribution is 7.15. The second-order valence-electron chi connectivity index (χ2n) is 3.67. The van der Waals surface area contributed by atoms with E-state index in [0.717, 1.165) is 18.1 Å². The normalized spacial score (nSPS) is 12.8. The summed E-state index contributed by atoms with van der Waals surface area (Å²) < 4.78 is 0. The molecule has 0 saturated heterocycles. The minimum atomic E-state index is 0.190. The Bertz CT molecular complexity index is 284. The molecule has 0 aliphatic heterocycles. The quantitative estimate of drug-likeness (QED) is 0.766. The maximum absolute atomic E-state index is 9.01. The lowest BCUT2D eigenvalue weighted by atomic mass is 10.2. The molecule has 0 aliphatic rings. The molecule has 4 nitrogen and oxygen atoms in total. The van der Waals surface area contributed by atoms with Crippen LogP contribution in [0.1, 0.15) is 18.2 Å². The van der Waals surface area contributed by atoms with E-state index in [0.29, 0.717) is 0 Å². The standard InChI is InChI=1S/C10H19N3OS/c1-4-8(7-14)11-5-9-6-12-10(15-9)13(2)3/h6,8,11,14H,4-5,7H2,1-3H3/t8-/m1/s1. The molecule has 1 aromatic heterocycles. The van der Waals surface area contributed by atoms with Gasteiger partial charge >= 0.3 is 0 Å². The summed E-state index contributed by atoms with van der Waals surface area (Å²) in [5, 5.41) is 13.3. The molecule has 0 saturated carbocycles. The van der Waals surface area contributed by atoms with Gasteiger partial charge in [0.1, 0.15) is 0 Å². The van der Waals surface area contributed by atoms with E-state index in [2.05, 4.69) is 17.2 Å². The Kier molecular flexibility index (Phi) is 5.01. The third kappa shape index (κ3) is 3.77. The zero-order valence-corrected chi connectivity index (χ0v) is 10.3. The number of rotatable bonds is 6. The van der Waals surface area contributed by atoms with Gasteiger partial charge in [-0.05, 0) is 6.42 Å². The first kappa shape index (κ1) is 12.4. The molecule has 5 heteroatoms. The SMILES string of the molecule is CC[C@H](CO)NCc1cnc(N(C)C)s1. The van der Waals surface area contributed by atoms with Crippen LogP contribution in [0.25, 0.3) is 0 Å². The number of anilines is 1. The third-order valence-electron chi connectivity index (χ3n) is 2.20. The second-order valence-corrected chi connectivity index (χ2v) is 4.77. The van der Waals surface area contributed by atoms with Gasteiger partial charge in [-0.15, -0.1) is 11.3 Å². The van der Waals surface area contributed by atoms with Gasteiger partial charge in [-0.3, -0.25) is 0 Å². The lowest BCUT2D eigenvalue weighted by Gasteiger charge is -2.12. The second kappa shape index (κ2) is 6.05. The number of nitrogens with zero attached hydrogens (tertiary/aromatic N) is 2. The molecule has 0 radical (unpaired) electrons. The van der Waals surface area contributed by atoms with E-state index in [1.54, 1.807) is 11.3 Å². The van der Waals surface area contributed by atoms with Crippen molar-refractivity contribution in [3.8, 4) is 0 Å². The van der Waals surface area contributed by atoms with Crippen molar-refractivity contribution < 1.29 is 5.11 Å². The molecule has 0 bridgehead atoms. The van der Waals surface area contributed by atoms with Crippen molar-refractivity contribution in [3.05, 3.63) is 11.1 Å². The van der Waals surface area contributed by atoms with Crippen molar-refractivity contribution in [3.63, 3.8) is 0 Å². The van der Waals surface area contributed by atoms with Crippen LogP contribution in [0.3, 0.4) is 0 Å². The van der Waals surface area contributed by atoms with Crippen molar-refractivity contribution in [1.82, 2.24) is 10.3 Å². The average Bonchev–Trinajstić information content (AvgIpc) is 2.68. The molecule has 0 aliphatic carbocycles. The topological polar surface area (TPSA) is 48.4 Å². The van der Waals surface area contributed by atoms with Gasteiger partial charge < -0.3 is 15.3 Å². The Hall–Kier alpha value is -0.650. The Morgan fingerprint density at radius 3 is 2.80 bits per heavy atom. The minimum Gasteiger partial charge on any atom is -0.395 e. The van der Waals surface area contributed by atoms with Gasteiger partial charge in [0.25, 0.3) is 0 Å². The van der Waals surface area contributed by atoms with Gasteiger partial charge in [-0.25, -0.2) is 4.98 Å². The lowest BCUT2D eigenvalue weighted by Crippen LogP contribution is -2.30. The molecule has 0 aromatic carbocycles. The van der Waals surface area contributed by atoms with Crippen molar-refractivity contribution in [2.45, 2.75) is 25.9 Å². The first-order valence-corrected chi connectivity index (χ1v) is 5.95. The van der Waals surface area contributed by atoms with Crippen LogP contribution in [0.4, 0.5) is 5.13 Å². The van der Waals surface area contributed by atoms with Gasteiger partial charge in [0.05, 0.1) is 6.61 Å². The highest BCUT2D eigenvalue weighted by Gasteiger charge is 2.06. The lowest BCUT2D eigenvalue weighted by molar-refractivity contribution is 0.238. The summed E-state index contributed by atoms with van der Waals surface area (Å²) in [5.74, 6) is 0. The summed E-state index contributed by atoms with van der Waals surface area (Å²) in [6.45, 7) is 3.03. The maximum atomic E-state index is 9.01. The molecule has 0 unspecified atom stereocenters. The zero-order valence-electron chi connectivity index (χ0n) is 9.53. The van der Waals surface area contributed by atoms with Crippen LogP contribution >= 0.6 is 11.3 Å². The molecule has 1 rings (SSSR count). The van der Waals surface area contributed by atoms with Gasteiger partial charge in [-0.2, -0.15) is 0 Å². The third-order valence-corrected chi connectivity index (χ3v) is 3.37. The summed E-state index contributed by atoms with van der Waals surface area (Å²) in [5.41, 5.74) is 0. The summed E-state index contributed by atoms with van der Waals surface area (Å²) in [6.07, 6.45) is 2.83. The van der Waals surface area contributed by atoms with Crippen LogP contribution < -0.4 is 10.2 Å². The van der Waals surface area contributed by atoms with Crippen molar-refractivity contribution >= 4 is 16.5 Å². The predicted octanol–water partition coefficient (Wildman–Crippen LogP) is 1.07. The fourth-order valence-corrected chi connectivity index (χ4v) is 1.95. The number of aliphatic hydroxyl groups excluding tert-OH is 1. The average molecular weight is 229 g/mol. The summed E-state index contributed by atoms with van der Waals surface area (Å²) in [6, 6.07) is 0.190. The van der Waals surface area contributed by atoms with Gasteiger partial charge in [0.2, 0.25) is 0 Å². The molecule has 1 aromatic rings. The number of nitrogens with one attached hydrogen (secondary N) is 1. The molecule has 0 amide bonds. The fraction of sp³-hybridized carbons (Fsp3) is 0.700. The maximum Gasteiger partial charge on any atom is 0.185 e. The first-order valence-electron chi connectivity index (χ1n) is 5.13. The van der Waals surface area contributed by atoms with E-state index >= 15 is 0 Å². The molecule has 86 valence electrons. The number of hydrogen-bond donors (Lipinski definition) is 2. The summed E-state index contributed by atoms with van der Waals surface area (Å²) in [7, 11) is 3.97. The number of thiazole rings is 1. The minimum absolute atomic E-state index is 0.190. The van der Waals surface area contributed by atoms with Crippen LogP contribution in [0.5, 0.6) is 0 Å². The Morgan fingerprint density at radius 2 is 2.33 bits per heavy atom. The van der Waals surface area contributed by atoms with Crippen LogP contribution in [-0.2, 0) is 6.54 Å². The highest BCUT2D eigenvalue weighted by Crippen LogP contribution is 2.20. The highest BCUT2D eigenvalue weighted by atomic mass is 32.1. The Labute approximate surface area is 94.9 Å². The van der Waals surface area contributed by atoms with E-state index in [1.807, 2.05) is 25.2 Å². The molecule has 2 N–H and O–H groups in total. The van der Waals surface area contributed by atoms with Crippen LogP contribution in [-0.4, -0.2) is 36.8 Å². The van der Waals surface area contributed by atoms with Crippen LogP contribution in [0.2, 0.25) is 0 Å². The largest absolute Gasteiger partial charge is 0.395 e. The van der Waals surface area contributed by atoms with E-state index in [4.69, 9.17) is 5.11 Å². The first-order chi connectivity index (χ1) is 7.17. The van der Waals surface area contributed by atoms with Gasteiger partial charge in [0, 0.05) is 37.8 Å². The Balaban J connectivity index is 2.43. The van der Waals surface area contributed by atoms with E-state index in [9.17, 15) is 0 Å². The van der Waals surface area contributed by atoms with Crippen molar-refractivity contribution in [2.75, 3.05) is 25.6 Å². The molecule has 0 spiro atoms. The number of aliphatic hydroxyl groups is 1. The van der Waals surface area contributed by atoms with Gasteiger partial charge in [0.15, 0.2) is 5.13 Å². The predicted molar refractivity (Wildman–Crippen MR) is 64.4 cm³/mol. The summed E-state index contributed by atoms with van der Waals surface area (Å²) >= 11 is 1.67. The van der Waals surface area contributed by atoms with Crippen molar-refractivity contribution in [1.29, 1.82) is 0 Å². The number of aromatic nitrogens is 1. The molecule has 15 heavy (non-hydrogen) atoms. The smallest absolute Gasteiger partial charge is 0.185 e. The van der Waals surface area contributed by atoms with Crippen molar-refractivity contribution in [2.24, 2.45) is 0 Å². The van der Waals surface area contributed by atoms with Crippen LogP contribution in [0.15, 0.2) is 6.20 Å². The van der Waals surface area contributed by atoms with Crippen LogP contribution in [0, 0.1) is 0 Å². The summed E-state index contributed by atoms with van der Waals surface area (Å²) in [4.78, 5) is 7.48. The molecular formula is C10H19N3OS. The van der Waals surface area contributed by atoms with E-state index < -0.39 is 0 Å². The molecular weight excluding hydrogens is 210 g/mol. The molecule has 0 fully saturated rings. The zero-order chi connectivity index (χ0) is 11.3. The Morgan fingerprint density at radius 1 is 1.60 bits per heavy atom. The molecule has 1 atom stereocenters.